The lowest BCUT2D eigenvalue weighted by Crippen LogP contribution is -2.05. The highest BCUT2D eigenvalue weighted by molar-refractivity contribution is 5.81. The Kier molecular flexibility index (Phi) is 2.19. The van der Waals surface area contributed by atoms with Gasteiger partial charge in [-0.15, -0.1) is 0 Å². The third kappa shape index (κ3) is 1.70. The quantitative estimate of drug-likeness (QED) is 0.825. The van der Waals surface area contributed by atoms with Crippen molar-refractivity contribution in [3.05, 3.63) is 35.8 Å². The SMILES string of the molecule is CC(C(=O)O)c1cc2cc(F)ccc2o1. The molecule has 2 rings (SSSR count). The van der Waals surface area contributed by atoms with Crippen molar-refractivity contribution >= 4 is 16.9 Å². The molecule has 4 heteroatoms. The second kappa shape index (κ2) is 3.38. The first-order chi connectivity index (χ1) is 7.08. The van der Waals surface area contributed by atoms with Crippen LogP contribution in [0.4, 0.5) is 4.39 Å². The van der Waals surface area contributed by atoms with Crippen LogP contribution in [0.15, 0.2) is 28.7 Å². The van der Waals surface area contributed by atoms with E-state index >= 15 is 0 Å². The van der Waals surface area contributed by atoms with Crippen molar-refractivity contribution in [3.63, 3.8) is 0 Å². The molecule has 1 aromatic heterocycles. The molecule has 78 valence electrons. The van der Waals surface area contributed by atoms with Gasteiger partial charge in [-0.2, -0.15) is 0 Å². The van der Waals surface area contributed by atoms with Gasteiger partial charge in [0, 0.05) is 5.39 Å². The summed E-state index contributed by atoms with van der Waals surface area (Å²) in [6.07, 6.45) is 0. The van der Waals surface area contributed by atoms with Crippen molar-refractivity contribution in [2.24, 2.45) is 0 Å². The number of carbonyl (C=O) groups is 1. The van der Waals surface area contributed by atoms with Gasteiger partial charge in [-0.1, -0.05) is 0 Å². The molecule has 1 N–H and O–H groups in total. The maximum atomic E-state index is 12.8. The Morgan fingerprint density at radius 2 is 2.20 bits per heavy atom. The van der Waals surface area contributed by atoms with Crippen molar-refractivity contribution in [3.8, 4) is 0 Å². The zero-order valence-corrected chi connectivity index (χ0v) is 8.03. The van der Waals surface area contributed by atoms with Gasteiger partial charge in [0.1, 0.15) is 23.1 Å². The molecular weight excluding hydrogens is 199 g/mol. The van der Waals surface area contributed by atoms with E-state index in [2.05, 4.69) is 0 Å². The Hall–Kier alpha value is -1.84. The molecular formula is C11H9FO3. The molecule has 1 aromatic carbocycles. The van der Waals surface area contributed by atoms with Gasteiger partial charge in [-0.3, -0.25) is 4.79 Å². The summed E-state index contributed by atoms with van der Waals surface area (Å²) in [5.41, 5.74) is 0.500. The zero-order valence-electron chi connectivity index (χ0n) is 8.03. The minimum Gasteiger partial charge on any atom is -0.481 e. The highest BCUT2D eigenvalue weighted by Gasteiger charge is 2.18. The highest BCUT2D eigenvalue weighted by Crippen LogP contribution is 2.25. The molecule has 0 aliphatic carbocycles. The van der Waals surface area contributed by atoms with Gasteiger partial charge in [0.2, 0.25) is 0 Å². The molecule has 1 heterocycles. The molecule has 0 radical (unpaired) electrons. The molecule has 0 aliphatic rings. The van der Waals surface area contributed by atoms with E-state index in [1.165, 1.54) is 25.1 Å². The van der Waals surface area contributed by atoms with E-state index < -0.39 is 11.9 Å². The summed E-state index contributed by atoms with van der Waals surface area (Å²) in [7, 11) is 0. The van der Waals surface area contributed by atoms with Gasteiger partial charge < -0.3 is 9.52 Å². The average molecular weight is 208 g/mol. The number of aliphatic carboxylic acids is 1. The molecule has 1 unspecified atom stereocenters. The number of furan rings is 1. The van der Waals surface area contributed by atoms with E-state index in [0.29, 0.717) is 16.7 Å². The number of carboxylic acids is 1. The van der Waals surface area contributed by atoms with Gasteiger partial charge >= 0.3 is 5.97 Å². The summed E-state index contributed by atoms with van der Waals surface area (Å²) in [6, 6.07) is 5.64. The predicted molar refractivity (Wildman–Crippen MR) is 52.2 cm³/mol. The first kappa shape index (κ1) is 9.71. The summed E-state index contributed by atoms with van der Waals surface area (Å²) in [6.45, 7) is 1.52. The number of hydrogen-bond donors (Lipinski definition) is 1. The standard InChI is InChI=1S/C11H9FO3/c1-6(11(13)14)10-5-7-4-8(12)2-3-9(7)15-10/h2-6H,1H3,(H,13,14). The van der Waals surface area contributed by atoms with Gasteiger partial charge in [0.25, 0.3) is 0 Å². The lowest BCUT2D eigenvalue weighted by Gasteiger charge is -1.99. The molecule has 0 saturated heterocycles. The second-order valence-electron chi connectivity index (χ2n) is 3.39. The van der Waals surface area contributed by atoms with Gasteiger partial charge in [0.05, 0.1) is 0 Å². The van der Waals surface area contributed by atoms with Crippen LogP contribution in [0.25, 0.3) is 11.0 Å². The molecule has 0 aliphatic heterocycles. The predicted octanol–water partition coefficient (Wildman–Crippen LogP) is 2.76. The Labute approximate surface area is 85.1 Å². The number of benzene rings is 1. The van der Waals surface area contributed by atoms with E-state index in [1.54, 1.807) is 6.07 Å². The van der Waals surface area contributed by atoms with Crippen molar-refractivity contribution in [2.75, 3.05) is 0 Å². The third-order valence-electron chi connectivity index (χ3n) is 2.29. The van der Waals surface area contributed by atoms with Gasteiger partial charge in [0.15, 0.2) is 0 Å². The lowest BCUT2D eigenvalue weighted by molar-refractivity contribution is -0.138. The van der Waals surface area contributed by atoms with Crippen LogP contribution in [0.1, 0.15) is 18.6 Å². The first-order valence-electron chi connectivity index (χ1n) is 4.50. The maximum absolute atomic E-state index is 12.8. The Morgan fingerprint density at radius 3 is 2.87 bits per heavy atom. The zero-order chi connectivity index (χ0) is 11.0. The monoisotopic (exact) mass is 208 g/mol. The fourth-order valence-electron chi connectivity index (χ4n) is 1.37. The third-order valence-corrected chi connectivity index (χ3v) is 2.29. The van der Waals surface area contributed by atoms with E-state index in [1.807, 2.05) is 0 Å². The van der Waals surface area contributed by atoms with Gasteiger partial charge in [-0.05, 0) is 31.2 Å². The summed E-state index contributed by atoms with van der Waals surface area (Å²) in [4.78, 5) is 10.7. The number of hydrogen-bond acceptors (Lipinski definition) is 2. The summed E-state index contributed by atoms with van der Waals surface area (Å²) in [5, 5.41) is 9.36. The molecule has 0 bridgehead atoms. The minimum atomic E-state index is -0.963. The van der Waals surface area contributed by atoms with Crippen LogP contribution in [0.5, 0.6) is 0 Å². The van der Waals surface area contributed by atoms with Crippen molar-refractivity contribution in [2.45, 2.75) is 12.8 Å². The number of halogens is 1. The Morgan fingerprint density at radius 1 is 1.47 bits per heavy atom. The molecule has 0 spiro atoms. The van der Waals surface area contributed by atoms with Crippen molar-refractivity contribution < 1.29 is 18.7 Å². The van der Waals surface area contributed by atoms with E-state index in [9.17, 15) is 9.18 Å². The largest absolute Gasteiger partial charge is 0.481 e. The van der Waals surface area contributed by atoms with Crippen LogP contribution in [-0.4, -0.2) is 11.1 Å². The van der Waals surface area contributed by atoms with E-state index in [-0.39, 0.29) is 5.82 Å². The minimum absolute atomic E-state index is 0.336. The van der Waals surface area contributed by atoms with Crippen LogP contribution in [-0.2, 0) is 4.79 Å². The van der Waals surface area contributed by atoms with Gasteiger partial charge in [-0.25, -0.2) is 4.39 Å². The van der Waals surface area contributed by atoms with Crippen molar-refractivity contribution in [1.29, 1.82) is 0 Å². The molecule has 1 atom stereocenters. The number of rotatable bonds is 2. The molecule has 0 fully saturated rings. The van der Waals surface area contributed by atoms with Crippen LogP contribution in [0.2, 0.25) is 0 Å². The normalized spacial score (nSPS) is 12.9. The summed E-state index contributed by atoms with van der Waals surface area (Å²) >= 11 is 0. The molecule has 2 aromatic rings. The van der Waals surface area contributed by atoms with Crippen LogP contribution >= 0.6 is 0 Å². The fourth-order valence-corrected chi connectivity index (χ4v) is 1.37. The maximum Gasteiger partial charge on any atom is 0.313 e. The van der Waals surface area contributed by atoms with Crippen LogP contribution < -0.4 is 0 Å². The second-order valence-corrected chi connectivity index (χ2v) is 3.39. The highest BCUT2D eigenvalue weighted by atomic mass is 19.1. The van der Waals surface area contributed by atoms with Crippen molar-refractivity contribution in [1.82, 2.24) is 0 Å². The Bertz CT molecular complexity index is 516. The van der Waals surface area contributed by atoms with Crippen LogP contribution in [0, 0.1) is 5.82 Å². The van der Waals surface area contributed by atoms with E-state index in [0.717, 1.165) is 0 Å². The molecule has 3 nitrogen and oxygen atoms in total. The summed E-state index contributed by atoms with van der Waals surface area (Å²) in [5.74, 6) is -1.71. The topological polar surface area (TPSA) is 50.4 Å². The molecule has 15 heavy (non-hydrogen) atoms. The molecule has 0 amide bonds. The molecule has 0 saturated carbocycles. The number of fused-ring (bicyclic) bond motifs is 1. The average Bonchev–Trinajstić information content (AvgIpc) is 2.58. The van der Waals surface area contributed by atoms with Crippen LogP contribution in [0.3, 0.4) is 0 Å². The summed E-state index contributed by atoms with van der Waals surface area (Å²) < 4.78 is 18.1. The number of carboxylic acid groups (broad SMARTS) is 1. The lowest BCUT2D eigenvalue weighted by atomic mass is 10.1. The smallest absolute Gasteiger partial charge is 0.313 e. The van der Waals surface area contributed by atoms with E-state index in [4.69, 9.17) is 9.52 Å². The first-order valence-corrected chi connectivity index (χ1v) is 4.50. The fraction of sp³-hybridized carbons (Fsp3) is 0.182. The Balaban J connectivity index is 2.51.